The van der Waals surface area contributed by atoms with Crippen molar-refractivity contribution in [2.75, 3.05) is 7.11 Å². The van der Waals surface area contributed by atoms with Crippen LogP contribution in [0.2, 0.25) is 0 Å². The molecule has 0 unspecified atom stereocenters. The molecule has 0 saturated heterocycles. The Kier molecular flexibility index (Phi) is 5.73. The first-order chi connectivity index (χ1) is 13.2. The summed E-state index contributed by atoms with van der Waals surface area (Å²) in [6, 6.07) is 15.9. The number of carbonyl (C=O) groups is 2. The normalized spacial score (nSPS) is 10.7. The molecule has 3 aromatic rings. The van der Waals surface area contributed by atoms with Crippen LogP contribution in [-0.4, -0.2) is 29.2 Å². The average Bonchev–Trinajstić information content (AvgIpc) is 3.20. The molecule has 27 heavy (non-hydrogen) atoms. The highest BCUT2D eigenvalue weighted by Gasteiger charge is 2.09. The van der Waals surface area contributed by atoms with Gasteiger partial charge in [-0.3, -0.25) is 0 Å². The molecule has 2 aromatic carbocycles. The van der Waals surface area contributed by atoms with E-state index in [-0.39, 0.29) is 12.5 Å². The summed E-state index contributed by atoms with van der Waals surface area (Å²) in [5.41, 5.74) is 1.96. The number of rotatable bonds is 6. The van der Waals surface area contributed by atoms with Gasteiger partial charge >= 0.3 is 11.9 Å². The van der Waals surface area contributed by atoms with Crippen molar-refractivity contribution in [2.24, 2.45) is 0 Å². The fourth-order valence-corrected chi connectivity index (χ4v) is 2.20. The average molecular weight is 364 g/mol. The van der Waals surface area contributed by atoms with E-state index in [0.29, 0.717) is 11.5 Å². The maximum Gasteiger partial charge on any atom is 0.337 e. The van der Waals surface area contributed by atoms with Crippen LogP contribution in [0.15, 0.2) is 65.1 Å². The Balaban J connectivity index is 1.53. The summed E-state index contributed by atoms with van der Waals surface area (Å²) in [6.07, 6.45) is 2.86. The number of hydrogen-bond donors (Lipinski definition) is 0. The first-order valence-corrected chi connectivity index (χ1v) is 8.07. The van der Waals surface area contributed by atoms with Crippen LogP contribution < -0.4 is 0 Å². The lowest BCUT2D eigenvalue weighted by atomic mass is 10.1. The molecule has 0 bridgehead atoms. The van der Waals surface area contributed by atoms with Crippen molar-refractivity contribution < 1.29 is 23.5 Å². The second-order valence-electron chi connectivity index (χ2n) is 5.42. The van der Waals surface area contributed by atoms with E-state index in [4.69, 9.17) is 9.15 Å². The number of ether oxygens (including phenoxy) is 2. The lowest BCUT2D eigenvalue weighted by Crippen LogP contribution is -2.01. The molecule has 7 heteroatoms. The van der Waals surface area contributed by atoms with Gasteiger partial charge in [0.25, 0.3) is 5.89 Å². The Hall–Kier alpha value is -3.74. The predicted octanol–water partition coefficient (Wildman–Crippen LogP) is 3.28. The molecule has 0 amide bonds. The highest BCUT2D eigenvalue weighted by molar-refractivity contribution is 5.90. The van der Waals surface area contributed by atoms with E-state index in [1.54, 1.807) is 30.3 Å². The second-order valence-corrected chi connectivity index (χ2v) is 5.42. The van der Waals surface area contributed by atoms with Crippen molar-refractivity contribution >= 4 is 18.0 Å². The largest absolute Gasteiger partial charge is 0.465 e. The first-order valence-electron chi connectivity index (χ1n) is 8.07. The first kappa shape index (κ1) is 18.1. The zero-order valence-corrected chi connectivity index (χ0v) is 14.5. The summed E-state index contributed by atoms with van der Waals surface area (Å²) in [4.78, 5) is 23.2. The van der Waals surface area contributed by atoms with Crippen LogP contribution in [0.25, 0.3) is 17.5 Å². The number of nitrogens with zero attached hydrogens (tertiary/aromatic N) is 2. The van der Waals surface area contributed by atoms with Crippen LogP contribution in [-0.2, 0) is 20.9 Å². The quantitative estimate of drug-likeness (QED) is 0.489. The van der Waals surface area contributed by atoms with Gasteiger partial charge in [0.05, 0.1) is 12.7 Å². The van der Waals surface area contributed by atoms with Crippen molar-refractivity contribution in [3.63, 3.8) is 0 Å². The van der Waals surface area contributed by atoms with E-state index in [0.717, 1.165) is 11.1 Å². The molecule has 7 nitrogen and oxygen atoms in total. The molecular formula is C20H16N2O5. The molecule has 0 fully saturated rings. The summed E-state index contributed by atoms with van der Waals surface area (Å²) >= 11 is 0. The molecule has 0 atom stereocenters. The highest BCUT2D eigenvalue weighted by atomic mass is 16.5. The summed E-state index contributed by atoms with van der Waals surface area (Å²) in [6.45, 7) is -0.121. The topological polar surface area (TPSA) is 91.5 Å². The number of esters is 2. The van der Waals surface area contributed by atoms with Gasteiger partial charge in [-0.2, -0.15) is 0 Å². The fraction of sp³-hybridized carbons (Fsp3) is 0.100. The van der Waals surface area contributed by atoms with E-state index in [1.807, 2.05) is 30.3 Å². The van der Waals surface area contributed by atoms with Crippen LogP contribution in [0.3, 0.4) is 0 Å². The third kappa shape index (κ3) is 4.88. The van der Waals surface area contributed by atoms with Crippen LogP contribution in [0.4, 0.5) is 0 Å². The Morgan fingerprint density at radius 2 is 1.78 bits per heavy atom. The monoisotopic (exact) mass is 364 g/mol. The minimum atomic E-state index is -0.550. The number of carbonyl (C=O) groups excluding carboxylic acids is 2. The van der Waals surface area contributed by atoms with Gasteiger partial charge in [0, 0.05) is 11.6 Å². The third-order valence-electron chi connectivity index (χ3n) is 3.57. The zero-order valence-electron chi connectivity index (χ0n) is 14.5. The predicted molar refractivity (Wildman–Crippen MR) is 96.3 cm³/mol. The van der Waals surface area contributed by atoms with E-state index < -0.39 is 11.9 Å². The van der Waals surface area contributed by atoms with Crippen LogP contribution >= 0.6 is 0 Å². The molecule has 136 valence electrons. The minimum Gasteiger partial charge on any atom is -0.465 e. The second kappa shape index (κ2) is 8.57. The maximum atomic E-state index is 11.8. The molecule has 0 N–H and O–H groups in total. The molecule has 0 saturated carbocycles. The van der Waals surface area contributed by atoms with Crippen molar-refractivity contribution in [3.05, 3.63) is 77.7 Å². The zero-order chi connectivity index (χ0) is 19.1. The Morgan fingerprint density at radius 3 is 2.48 bits per heavy atom. The van der Waals surface area contributed by atoms with E-state index in [1.165, 1.54) is 13.2 Å². The maximum absolute atomic E-state index is 11.8. The molecular weight excluding hydrogens is 348 g/mol. The van der Waals surface area contributed by atoms with Gasteiger partial charge in [-0.05, 0) is 35.9 Å². The van der Waals surface area contributed by atoms with E-state index in [2.05, 4.69) is 14.9 Å². The standard InChI is InChI=1S/C20H16N2O5/c1-25-20(24)16-10-7-14(8-11-16)9-12-18(23)26-13-17-21-22-19(27-17)15-5-3-2-4-6-15/h2-12H,13H2,1H3/b12-9+. The SMILES string of the molecule is COC(=O)c1ccc(/C=C/C(=O)OCc2nnc(-c3ccccc3)o2)cc1. The van der Waals surface area contributed by atoms with Gasteiger partial charge in [0.15, 0.2) is 6.61 Å². The molecule has 0 aliphatic carbocycles. The molecule has 0 aliphatic rings. The summed E-state index contributed by atoms with van der Waals surface area (Å²) < 4.78 is 15.2. The third-order valence-corrected chi connectivity index (χ3v) is 3.57. The van der Waals surface area contributed by atoms with Gasteiger partial charge in [-0.15, -0.1) is 10.2 Å². The Bertz CT molecular complexity index is 946. The lowest BCUT2D eigenvalue weighted by Gasteiger charge is -2.00. The van der Waals surface area contributed by atoms with Crippen LogP contribution in [0, 0.1) is 0 Å². The molecule has 0 radical (unpaired) electrons. The molecule has 1 heterocycles. The molecule has 1 aromatic heterocycles. The van der Waals surface area contributed by atoms with Crippen molar-refractivity contribution in [1.29, 1.82) is 0 Å². The van der Waals surface area contributed by atoms with Crippen molar-refractivity contribution in [1.82, 2.24) is 10.2 Å². The van der Waals surface area contributed by atoms with Gasteiger partial charge in [0.2, 0.25) is 5.89 Å². The molecule has 0 aliphatic heterocycles. The van der Waals surface area contributed by atoms with Gasteiger partial charge in [0.1, 0.15) is 0 Å². The Morgan fingerprint density at radius 1 is 1.04 bits per heavy atom. The molecule has 3 rings (SSSR count). The minimum absolute atomic E-state index is 0.121. The molecule has 0 spiro atoms. The lowest BCUT2D eigenvalue weighted by molar-refractivity contribution is -0.139. The summed E-state index contributed by atoms with van der Waals surface area (Å²) in [5.74, 6) is -0.396. The highest BCUT2D eigenvalue weighted by Crippen LogP contribution is 2.17. The summed E-state index contributed by atoms with van der Waals surface area (Å²) in [7, 11) is 1.32. The number of aromatic nitrogens is 2. The number of benzene rings is 2. The fourth-order valence-electron chi connectivity index (χ4n) is 2.20. The van der Waals surface area contributed by atoms with Gasteiger partial charge in [-0.25, -0.2) is 9.59 Å². The smallest absolute Gasteiger partial charge is 0.337 e. The summed E-state index contributed by atoms with van der Waals surface area (Å²) in [5, 5.41) is 7.78. The van der Waals surface area contributed by atoms with Crippen LogP contribution in [0.1, 0.15) is 21.8 Å². The number of hydrogen-bond acceptors (Lipinski definition) is 7. The van der Waals surface area contributed by atoms with E-state index in [9.17, 15) is 9.59 Å². The van der Waals surface area contributed by atoms with Crippen LogP contribution in [0.5, 0.6) is 0 Å². The Labute approximate surface area is 155 Å². The van der Waals surface area contributed by atoms with Crippen molar-refractivity contribution in [2.45, 2.75) is 6.61 Å². The van der Waals surface area contributed by atoms with Crippen molar-refractivity contribution in [3.8, 4) is 11.5 Å². The van der Waals surface area contributed by atoms with E-state index >= 15 is 0 Å². The number of methoxy groups -OCH3 is 1. The van der Waals surface area contributed by atoms with Gasteiger partial charge in [-0.1, -0.05) is 30.3 Å². The van der Waals surface area contributed by atoms with Gasteiger partial charge < -0.3 is 13.9 Å².